The number of nitro groups is 1. The lowest BCUT2D eigenvalue weighted by Gasteiger charge is -2.12. The Morgan fingerprint density at radius 1 is 1.08 bits per heavy atom. The molecule has 0 unspecified atom stereocenters. The van der Waals surface area contributed by atoms with E-state index >= 15 is 0 Å². The van der Waals surface area contributed by atoms with Crippen molar-refractivity contribution in [1.29, 1.82) is 0 Å². The van der Waals surface area contributed by atoms with Crippen LogP contribution in [-0.4, -0.2) is 42.2 Å². The average molecular weight is 552 g/mol. The van der Waals surface area contributed by atoms with Gasteiger partial charge in [0, 0.05) is 43.0 Å². The zero-order valence-electron chi connectivity index (χ0n) is 19.3. The number of non-ortho nitro benzene ring substituents is 1. The number of nitro benzene ring substituents is 1. The molecular weight excluding hydrogens is 530 g/mol. The molecule has 0 bridgehead atoms. The molecule has 0 aliphatic heterocycles. The number of halogens is 1. The average Bonchev–Trinajstić information content (AvgIpc) is 2.86. The number of rotatable bonds is 8. The summed E-state index contributed by atoms with van der Waals surface area (Å²) in [4.78, 5) is 38.0. The number of amides is 2. The molecule has 36 heavy (non-hydrogen) atoms. The number of benzene rings is 3. The van der Waals surface area contributed by atoms with Crippen molar-refractivity contribution in [1.82, 2.24) is 10.7 Å². The minimum absolute atomic E-state index is 0.00880. The summed E-state index contributed by atoms with van der Waals surface area (Å²) in [6.07, 6.45) is 2.56. The van der Waals surface area contributed by atoms with E-state index in [2.05, 4.69) is 31.8 Å². The van der Waals surface area contributed by atoms with Crippen molar-refractivity contribution in [3.8, 4) is 5.75 Å². The van der Waals surface area contributed by atoms with Crippen LogP contribution in [0.2, 0.25) is 0 Å². The molecule has 2 amide bonds. The first-order valence-corrected chi connectivity index (χ1v) is 11.3. The van der Waals surface area contributed by atoms with Gasteiger partial charge in [0.2, 0.25) is 0 Å². The molecule has 0 fully saturated rings. The SMILES string of the molecule is CN(C)c1ccc(/C=C(\NC(=O)c2ccccc2)C(=O)N/N=C/c2cc([N+](=O)[O-])cc(Br)c2O)cc1. The fourth-order valence-electron chi connectivity index (χ4n) is 3.01. The molecule has 3 N–H and O–H groups in total. The predicted octanol–water partition coefficient (Wildman–Crippen LogP) is 4.05. The number of hydrazone groups is 1. The Labute approximate surface area is 215 Å². The van der Waals surface area contributed by atoms with Crippen molar-refractivity contribution in [2.75, 3.05) is 19.0 Å². The van der Waals surface area contributed by atoms with Crippen LogP contribution >= 0.6 is 15.9 Å². The lowest BCUT2D eigenvalue weighted by molar-refractivity contribution is -0.385. The fourth-order valence-corrected chi connectivity index (χ4v) is 3.47. The van der Waals surface area contributed by atoms with E-state index in [9.17, 15) is 24.8 Å². The van der Waals surface area contributed by atoms with Gasteiger partial charge in [-0.1, -0.05) is 30.3 Å². The first-order chi connectivity index (χ1) is 17.2. The molecule has 10 nitrogen and oxygen atoms in total. The zero-order chi connectivity index (χ0) is 26.2. The standard InChI is InChI=1S/C25H22BrN5O5/c1-30(2)19-10-8-16(9-11-19)12-22(28-24(33)17-6-4-3-5-7-17)25(34)29-27-15-18-13-20(31(35)36)14-21(26)23(18)32/h3-15,32H,1-2H3,(H,28,33)(H,29,34)/b22-12-,27-15+. The molecule has 0 aliphatic carbocycles. The Morgan fingerprint density at radius 3 is 2.36 bits per heavy atom. The highest BCUT2D eigenvalue weighted by Crippen LogP contribution is 2.31. The number of carbonyl (C=O) groups excluding carboxylic acids is 2. The summed E-state index contributed by atoms with van der Waals surface area (Å²) in [6.45, 7) is 0. The number of hydrogen-bond acceptors (Lipinski definition) is 7. The molecule has 11 heteroatoms. The van der Waals surface area contributed by atoms with Gasteiger partial charge in [-0.3, -0.25) is 19.7 Å². The topological polar surface area (TPSA) is 137 Å². The van der Waals surface area contributed by atoms with Crippen molar-refractivity contribution in [2.45, 2.75) is 0 Å². The molecule has 0 saturated carbocycles. The minimum Gasteiger partial charge on any atom is -0.506 e. The number of nitrogens with zero attached hydrogens (tertiary/aromatic N) is 3. The first kappa shape index (κ1) is 26.1. The van der Waals surface area contributed by atoms with E-state index < -0.39 is 16.7 Å². The van der Waals surface area contributed by atoms with Crippen molar-refractivity contribution < 1.29 is 19.6 Å². The lowest BCUT2D eigenvalue weighted by atomic mass is 10.1. The smallest absolute Gasteiger partial charge is 0.287 e. The quantitative estimate of drug-likeness (QED) is 0.167. The summed E-state index contributed by atoms with van der Waals surface area (Å²) >= 11 is 3.05. The van der Waals surface area contributed by atoms with Crippen LogP contribution in [0, 0.1) is 10.1 Å². The van der Waals surface area contributed by atoms with Gasteiger partial charge in [-0.15, -0.1) is 0 Å². The number of anilines is 1. The number of phenols is 1. The monoisotopic (exact) mass is 551 g/mol. The van der Waals surface area contributed by atoms with Crippen molar-refractivity contribution >= 4 is 51.4 Å². The van der Waals surface area contributed by atoms with Crippen molar-refractivity contribution in [3.63, 3.8) is 0 Å². The van der Waals surface area contributed by atoms with Gasteiger partial charge in [0.15, 0.2) is 0 Å². The molecule has 0 heterocycles. The summed E-state index contributed by atoms with van der Waals surface area (Å²) in [5.41, 5.74) is 3.90. The van der Waals surface area contributed by atoms with E-state index in [-0.39, 0.29) is 27.2 Å². The molecule has 0 radical (unpaired) electrons. The van der Waals surface area contributed by atoms with Crippen molar-refractivity contribution in [2.24, 2.45) is 5.10 Å². The van der Waals surface area contributed by atoms with E-state index in [0.717, 1.165) is 24.0 Å². The highest BCUT2D eigenvalue weighted by Gasteiger charge is 2.16. The Balaban J connectivity index is 1.86. The van der Waals surface area contributed by atoms with E-state index in [4.69, 9.17) is 0 Å². The van der Waals surface area contributed by atoms with Gasteiger partial charge < -0.3 is 15.3 Å². The molecule has 0 atom stereocenters. The van der Waals surface area contributed by atoms with Gasteiger partial charge in [0.05, 0.1) is 15.6 Å². The summed E-state index contributed by atoms with van der Waals surface area (Å²) in [6, 6.07) is 17.9. The summed E-state index contributed by atoms with van der Waals surface area (Å²) in [5.74, 6) is -1.52. The van der Waals surface area contributed by atoms with Gasteiger partial charge >= 0.3 is 0 Å². The largest absolute Gasteiger partial charge is 0.506 e. The maximum absolute atomic E-state index is 12.9. The van der Waals surface area contributed by atoms with Crippen LogP contribution in [0.15, 0.2) is 82.0 Å². The zero-order valence-corrected chi connectivity index (χ0v) is 20.9. The van der Waals surface area contributed by atoms with Gasteiger partial charge in [0.1, 0.15) is 11.4 Å². The second kappa shape index (κ2) is 11.8. The van der Waals surface area contributed by atoms with Gasteiger partial charge in [-0.25, -0.2) is 5.43 Å². The van der Waals surface area contributed by atoms with E-state index in [1.54, 1.807) is 42.5 Å². The fraction of sp³-hybridized carbons (Fsp3) is 0.0800. The van der Waals surface area contributed by atoms with Gasteiger partial charge in [-0.2, -0.15) is 5.10 Å². The van der Waals surface area contributed by atoms with Crippen LogP contribution in [-0.2, 0) is 4.79 Å². The number of carbonyl (C=O) groups is 2. The summed E-state index contributed by atoms with van der Waals surface area (Å²) in [7, 11) is 3.80. The molecule has 3 rings (SSSR count). The molecule has 0 aromatic heterocycles. The maximum Gasteiger partial charge on any atom is 0.287 e. The molecular formula is C25H22BrN5O5. The maximum atomic E-state index is 12.9. The molecule has 0 aliphatic rings. The lowest BCUT2D eigenvalue weighted by Crippen LogP contribution is -2.32. The molecule has 184 valence electrons. The van der Waals surface area contributed by atoms with Gasteiger partial charge in [-0.05, 0) is 51.8 Å². The van der Waals surface area contributed by atoms with Crippen LogP contribution in [0.4, 0.5) is 11.4 Å². The Morgan fingerprint density at radius 2 is 1.75 bits per heavy atom. The van der Waals surface area contributed by atoms with Crippen LogP contribution in [0.25, 0.3) is 6.08 Å². The van der Waals surface area contributed by atoms with Crippen LogP contribution in [0.3, 0.4) is 0 Å². The minimum atomic E-state index is -0.740. The Bertz CT molecular complexity index is 1340. The number of phenolic OH excluding ortho intramolecular Hbond substituents is 1. The first-order valence-electron chi connectivity index (χ1n) is 10.5. The van der Waals surface area contributed by atoms with Crippen LogP contribution in [0.1, 0.15) is 21.5 Å². The second-order valence-corrected chi connectivity index (χ2v) is 8.54. The number of aromatic hydroxyl groups is 1. The molecule has 3 aromatic rings. The van der Waals surface area contributed by atoms with Crippen LogP contribution in [0.5, 0.6) is 5.75 Å². The Kier molecular flexibility index (Phi) is 8.52. The third kappa shape index (κ3) is 6.76. The third-order valence-electron chi connectivity index (χ3n) is 4.91. The molecule has 0 spiro atoms. The van der Waals surface area contributed by atoms with E-state index in [0.29, 0.717) is 11.1 Å². The predicted molar refractivity (Wildman–Crippen MR) is 141 cm³/mol. The number of hydrogen-bond donors (Lipinski definition) is 3. The normalized spacial score (nSPS) is 11.2. The van der Waals surface area contributed by atoms with Crippen molar-refractivity contribution in [3.05, 3.63) is 104 Å². The summed E-state index contributed by atoms with van der Waals surface area (Å²) < 4.78 is 0.0985. The second-order valence-electron chi connectivity index (χ2n) is 7.69. The summed E-state index contributed by atoms with van der Waals surface area (Å²) in [5, 5.41) is 27.6. The highest BCUT2D eigenvalue weighted by molar-refractivity contribution is 9.10. The van der Waals surface area contributed by atoms with Gasteiger partial charge in [0.25, 0.3) is 17.5 Å². The van der Waals surface area contributed by atoms with Crippen LogP contribution < -0.4 is 15.6 Å². The third-order valence-corrected chi connectivity index (χ3v) is 5.51. The molecule has 3 aromatic carbocycles. The highest BCUT2D eigenvalue weighted by atomic mass is 79.9. The molecule has 0 saturated heterocycles. The Hall–Kier alpha value is -4.51. The van der Waals surface area contributed by atoms with E-state index in [1.165, 1.54) is 6.08 Å². The van der Waals surface area contributed by atoms with E-state index in [1.807, 2.05) is 31.1 Å². The number of nitrogens with one attached hydrogen (secondary N) is 2.